The van der Waals surface area contributed by atoms with Gasteiger partial charge >= 0.3 is 0 Å². The fraction of sp³-hybridized carbons (Fsp3) is 0.316. The molecular formula is C19H20N4O2S2. The number of morpholine rings is 1. The SMILES string of the molecule is Cc1nc(-c2ccsc2)sc1C(=O)NCc1ccnc(N2CCOCC2)c1. The highest BCUT2D eigenvalue weighted by molar-refractivity contribution is 7.17. The van der Waals surface area contributed by atoms with Crippen LogP contribution in [0.5, 0.6) is 0 Å². The molecular weight excluding hydrogens is 380 g/mol. The third-order valence-corrected chi connectivity index (χ3v) is 6.26. The third kappa shape index (κ3) is 4.18. The van der Waals surface area contributed by atoms with E-state index in [2.05, 4.69) is 20.2 Å². The molecule has 0 spiro atoms. The Kier molecular flexibility index (Phi) is 5.47. The van der Waals surface area contributed by atoms with Gasteiger partial charge in [0.15, 0.2) is 0 Å². The number of pyridine rings is 1. The number of carbonyl (C=O) groups is 1. The van der Waals surface area contributed by atoms with Crippen LogP contribution in [0.25, 0.3) is 10.6 Å². The van der Waals surface area contributed by atoms with E-state index in [0.29, 0.717) is 11.4 Å². The van der Waals surface area contributed by atoms with Crippen molar-refractivity contribution in [2.24, 2.45) is 0 Å². The smallest absolute Gasteiger partial charge is 0.263 e. The second kappa shape index (κ2) is 8.16. The fourth-order valence-electron chi connectivity index (χ4n) is 2.92. The van der Waals surface area contributed by atoms with Crippen molar-refractivity contribution < 1.29 is 9.53 Å². The van der Waals surface area contributed by atoms with Crippen LogP contribution in [0.2, 0.25) is 0 Å². The van der Waals surface area contributed by atoms with E-state index in [0.717, 1.165) is 53.9 Å². The molecule has 8 heteroatoms. The Balaban J connectivity index is 1.42. The lowest BCUT2D eigenvalue weighted by atomic mass is 10.2. The number of aromatic nitrogens is 2. The van der Waals surface area contributed by atoms with Crippen molar-refractivity contribution in [3.8, 4) is 10.6 Å². The highest BCUT2D eigenvalue weighted by Crippen LogP contribution is 2.29. The quantitative estimate of drug-likeness (QED) is 0.711. The molecule has 4 rings (SSSR count). The fourth-order valence-corrected chi connectivity index (χ4v) is 4.61. The number of nitrogens with zero attached hydrogens (tertiary/aromatic N) is 3. The van der Waals surface area contributed by atoms with Crippen molar-refractivity contribution >= 4 is 34.4 Å². The number of aryl methyl sites for hydroxylation is 1. The lowest BCUT2D eigenvalue weighted by molar-refractivity contribution is 0.0954. The monoisotopic (exact) mass is 400 g/mol. The molecule has 27 heavy (non-hydrogen) atoms. The van der Waals surface area contributed by atoms with Gasteiger partial charge in [0.25, 0.3) is 5.91 Å². The van der Waals surface area contributed by atoms with E-state index in [1.165, 1.54) is 11.3 Å². The molecule has 0 radical (unpaired) electrons. The molecule has 6 nitrogen and oxygen atoms in total. The number of carbonyl (C=O) groups excluding carboxylic acids is 1. The van der Waals surface area contributed by atoms with E-state index in [1.54, 1.807) is 17.5 Å². The Morgan fingerprint density at radius 2 is 2.19 bits per heavy atom. The van der Waals surface area contributed by atoms with Crippen molar-refractivity contribution in [2.75, 3.05) is 31.2 Å². The van der Waals surface area contributed by atoms with Gasteiger partial charge in [0.2, 0.25) is 0 Å². The average Bonchev–Trinajstić information content (AvgIpc) is 3.37. The summed E-state index contributed by atoms with van der Waals surface area (Å²) in [5.41, 5.74) is 2.86. The summed E-state index contributed by atoms with van der Waals surface area (Å²) in [5.74, 6) is 0.843. The summed E-state index contributed by atoms with van der Waals surface area (Å²) in [6.07, 6.45) is 1.79. The Morgan fingerprint density at radius 3 is 2.96 bits per heavy atom. The van der Waals surface area contributed by atoms with E-state index >= 15 is 0 Å². The zero-order valence-electron chi connectivity index (χ0n) is 15.0. The first-order valence-corrected chi connectivity index (χ1v) is 10.5. The number of amides is 1. The van der Waals surface area contributed by atoms with E-state index in [4.69, 9.17) is 4.74 Å². The zero-order chi connectivity index (χ0) is 18.6. The van der Waals surface area contributed by atoms with Crippen LogP contribution in [0.1, 0.15) is 20.9 Å². The predicted octanol–water partition coefficient (Wildman–Crippen LogP) is 3.34. The van der Waals surface area contributed by atoms with E-state index in [-0.39, 0.29) is 5.91 Å². The summed E-state index contributed by atoms with van der Waals surface area (Å²) in [6.45, 7) is 5.47. The number of hydrogen-bond donors (Lipinski definition) is 1. The van der Waals surface area contributed by atoms with Crippen LogP contribution in [-0.2, 0) is 11.3 Å². The van der Waals surface area contributed by atoms with E-state index < -0.39 is 0 Å². The Bertz CT molecular complexity index is 918. The van der Waals surface area contributed by atoms with Gasteiger partial charge in [-0.15, -0.1) is 11.3 Å². The van der Waals surface area contributed by atoms with Crippen LogP contribution < -0.4 is 10.2 Å². The maximum atomic E-state index is 12.6. The van der Waals surface area contributed by atoms with Crippen LogP contribution in [0, 0.1) is 6.92 Å². The molecule has 1 aliphatic rings. The Hall–Kier alpha value is -2.29. The Labute approximate surface area is 165 Å². The van der Waals surface area contributed by atoms with Gasteiger partial charge in [-0.2, -0.15) is 11.3 Å². The molecule has 1 N–H and O–H groups in total. The van der Waals surface area contributed by atoms with Crippen molar-refractivity contribution in [2.45, 2.75) is 13.5 Å². The number of rotatable bonds is 5. The molecule has 1 amide bonds. The van der Waals surface area contributed by atoms with Gasteiger partial charge in [-0.3, -0.25) is 4.79 Å². The first-order chi connectivity index (χ1) is 13.2. The maximum Gasteiger partial charge on any atom is 0.263 e. The van der Waals surface area contributed by atoms with Crippen molar-refractivity contribution in [3.63, 3.8) is 0 Å². The van der Waals surface area contributed by atoms with Crippen LogP contribution in [0.4, 0.5) is 5.82 Å². The minimum absolute atomic E-state index is 0.0868. The van der Waals surface area contributed by atoms with Crippen molar-refractivity contribution in [1.29, 1.82) is 0 Å². The van der Waals surface area contributed by atoms with Crippen LogP contribution >= 0.6 is 22.7 Å². The summed E-state index contributed by atoms with van der Waals surface area (Å²) in [5, 5.41) is 7.96. The Morgan fingerprint density at radius 1 is 1.33 bits per heavy atom. The van der Waals surface area contributed by atoms with Crippen LogP contribution in [-0.4, -0.2) is 42.2 Å². The number of thiophene rings is 1. The molecule has 140 valence electrons. The number of hydrogen-bond acceptors (Lipinski definition) is 7. The summed E-state index contributed by atoms with van der Waals surface area (Å²) in [4.78, 5) is 24.5. The lowest BCUT2D eigenvalue weighted by Gasteiger charge is -2.28. The van der Waals surface area contributed by atoms with E-state index in [1.807, 2.05) is 35.9 Å². The molecule has 0 saturated carbocycles. The lowest BCUT2D eigenvalue weighted by Crippen LogP contribution is -2.36. The highest BCUT2D eigenvalue weighted by atomic mass is 32.1. The van der Waals surface area contributed by atoms with Gasteiger partial charge in [-0.05, 0) is 36.1 Å². The largest absolute Gasteiger partial charge is 0.378 e. The molecule has 0 atom stereocenters. The van der Waals surface area contributed by atoms with Crippen LogP contribution in [0.15, 0.2) is 35.2 Å². The summed E-state index contributed by atoms with van der Waals surface area (Å²) >= 11 is 3.06. The van der Waals surface area contributed by atoms with E-state index in [9.17, 15) is 4.79 Å². The number of anilines is 1. The minimum atomic E-state index is -0.0868. The molecule has 0 aliphatic carbocycles. The van der Waals surface area contributed by atoms with Crippen molar-refractivity contribution in [3.05, 3.63) is 51.3 Å². The third-order valence-electron chi connectivity index (χ3n) is 4.37. The normalized spacial score (nSPS) is 14.3. The molecule has 4 heterocycles. The van der Waals surface area contributed by atoms with Gasteiger partial charge in [-0.1, -0.05) is 0 Å². The summed E-state index contributed by atoms with van der Waals surface area (Å²) < 4.78 is 5.39. The second-order valence-electron chi connectivity index (χ2n) is 6.25. The maximum absolute atomic E-state index is 12.6. The number of ether oxygens (including phenoxy) is 1. The first kappa shape index (κ1) is 18.1. The molecule has 3 aromatic heterocycles. The summed E-state index contributed by atoms with van der Waals surface area (Å²) in [6, 6.07) is 5.98. The zero-order valence-corrected chi connectivity index (χ0v) is 16.6. The highest BCUT2D eigenvalue weighted by Gasteiger charge is 2.17. The molecule has 0 bridgehead atoms. The minimum Gasteiger partial charge on any atom is -0.378 e. The van der Waals surface area contributed by atoms with Gasteiger partial charge in [-0.25, -0.2) is 9.97 Å². The second-order valence-corrected chi connectivity index (χ2v) is 8.03. The first-order valence-electron chi connectivity index (χ1n) is 8.76. The topological polar surface area (TPSA) is 67.4 Å². The molecule has 1 saturated heterocycles. The molecule has 1 aliphatic heterocycles. The van der Waals surface area contributed by atoms with Gasteiger partial charge in [0.1, 0.15) is 15.7 Å². The predicted molar refractivity (Wildman–Crippen MR) is 109 cm³/mol. The van der Waals surface area contributed by atoms with Gasteiger partial charge in [0, 0.05) is 36.8 Å². The molecule has 1 fully saturated rings. The summed E-state index contributed by atoms with van der Waals surface area (Å²) in [7, 11) is 0. The number of nitrogens with one attached hydrogen (secondary N) is 1. The average molecular weight is 401 g/mol. The van der Waals surface area contributed by atoms with Gasteiger partial charge in [0.05, 0.1) is 18.9 Å². The number of thiazole rings is 1. The van der Waals surface area contributed by atoms with Crippen LogP contribution in [0.3, 0.4) is 0 Å². The van der Waals surface area contributed by atoms with Gasteiger partial charge < -0.3 is 15.0 Å². The molecule has 3 aromatic rings. The van der Waals surface area contributed by atoms with Crippen molar-refractivity contribution in [1.82, 2.24) is 15.3 Å². The standard InChI is InChI=1S/C19H20N4O2S2/c1-13-17(27-19(22-13)15-3-9-26-12-15)18(24)21-11-14-2-4-20-16(10-14)23-5-7-25-8-6-23/h2-4,9-10,12H,5-8,11H2,1H3,(H,21,24). The molecule has 0 unspecified atom stereocenters. The molecule has 0 aromatic carbocycles.